The van der Waals surface area contributed by atoms with Crippen molar-refractivity contribution in [2.45, 2.75) is 10.6 Å². The van der Waals surface area contributed by atoms with Crippen LogP contribution in [0.25, 0.3) is 0 Å². The molecule has 0 aliphatic carbocycles. The van der Waals surface area contributed by atoms with Crippen molar-refractivity contribution in [2.75, 3.05) is 0 Å². The van der Waals surface area contributed by atoms with E-state index < -0.39 is 15.7 Å². The van der Waals surface area contributed by atoms with Crippen LogP contribution in [0.3, 0.4) is 0 Å². The van der Waals surface area contributed by atoms with Gasteiger partial charge in [-0.3, -0.25) is 4.79 Å². The highest BCUT2D eigenvalue weighted by atomic mass is 32.2. The first-order valence-corrected chi connectivity index (χ1v) is 7.31. The van der Waals surface area contributed by atoms with E-state index in [1.54, 1.807) is 24.3 Å². The molecule has 19 heavy (non-hydrogen) atoms. The van der Waals surface area contributed by atoms with Crippen molar-refractivity contribution in [2.24, 2.45) is 5.73 Å². The van der Waals surface area contributed by atoms with Gasteiger partial charge in [-0.05, 0) is 29.8 Å². The lowest BCUT2D eigenvalue weighted by Gasteiger charge is -2.05. The number of primary amides is 1. The van der Waals surface area contributed by atoms with Crippen molar-refractivity contribution in [1.82, 2.24) is 0 Å². The van der Waals surface area contributed by atoms with Crippen LogP contribution in [-0.2, 0) is 15.6 Å². The number of sulfone groups is 1. The van der Waals surface area contributed by atoms with Crippen LogP contribution in [0.15, 0.2) is 59.5 Å². The second-order valence-electron chi connectivity index (χ2n) is 4.13. The molecule has 0 unspecified atom stereocenters. The minimum absolute atomic E-state index is 0.0657. The number of amides is 1. The molecule has 98 valence electrons. The van der Waals surface area contributed by atoms with Gasteiger partial charge in [0.1, 0.15) is 0 Å². The van der Waals surface area contributed by atoms with E-state index in [0.717, 1.165) is 5.56 Å². The van der Waals surface area contributed by atoms with Gasteiger partial charge >= 0.3 is 0 Å². The van der Waals surface area contributed by atoms with E-state index >= 15 is 0 Å². The fourth-order valence-electron chi connectivity index (χ4n) is 1.70. The van der Waals surface area contributed by atoms with E-state index in [0.29, 0.717) is 5.56 Å². The Bertz CT molecular complexity index is 676. The van der Waals surface area contributed by atoms with Crippen LogP contribution in [0, 0.1) is 0 Å². The SMILES string of the molecule is NC(=O)c1ccc(S(=O)(=O)Cc2ccccc2)cc1. The summed E-state index contributed by atoms with van der Waals surface area (Å²) in [4.78, 5) is 11.1. The Morgan fingerprint density at radius 2 is 1.53 bits per heavy atom. The molecule has 4 nitrogen and oxygen atoms in total. The molecular weight excluding hydrogens is 262 g/mol. The summed E-state index contributed by atoms with van der Waals surface area (Å²) in [6, 6.07) is 14.6. The van der Waals surface area contributed by atoms with Crippen molar-refractivity contribution in [1.29, 1.82) is 0 Å². The smallest absolute Gasteiger partial charge is 0.248 e. The minimum Gasteiger partial charge on any atom is -0.366 e. The van der Waals surface area contributed by atoms with Crippen LogP contribution in [0.4, 0.5) is 0 Å². The third-order valence-electron chi connectivity index (χ3n) is 2.70. The Labute approximate surface area is 111 Å². The predicted octanol–water partition coefficient (Wildman–Crippen LogP) is 1.76. The Hall–Kier alpha value is -2.14. The maximum absolute atomic E-state index is 12.2. The maximum Gasteiger partial charge on any atom is 0.248 e. The highest BCUT2D eigenvalue weighted by Crippen LogP contribution is 2.16. The Balaban J connectivity index is 2.27. The van der Waals surface area contributed by atoms with Gasteiger partial charge < -0.3 is 5.73 Å². The minimum atomic E-state index is -3.41. The van der Waals surface area contributed by atoms with Gasteiger partial charge in [-0.1, -0.05) is 30.3 Å². The first-order valence-electron chi connectivity index (χ1n) is 5.65. The molecule has 0 bridgehead atoms. The lowest BCUT2D eigenvalue weighted by atomic mass is 10.2. The molecule has 0 aliphatic rings. The Kier molecular flexibility index (Phi) is 3.66. The monoisotopic (exact) mass is 275 g/mol. The summed E-state index contributed by atoms with van der Waals surface area (Å²) >= 11 is 0. The third-order valence-corrected chi connectivity index (χ3v) is 4.40. The van der Waals surface area contributed by atoms with Crippen molar-refractivity contribution in [3.63, 3.8) is 0 Å². The standard InChI is InChI=1S/C14H13NO3S/c15-14(16)12-6-8-13(9-7-12)19(17,18)10-11-4-2-1-3-5-11/h1-9H,10H2,(H2,15,16). The first kappa shape index (κ1) is 13.3. The fraction of sp³-hybridized carbons (Fsp3) is 0.0714. The second kappa shape index (κ2) is 5.24. The van der Waals surface area contributed by atoms with E-state index in [2.05, 4.69) is 0 Å². The topological polar surface area (TPSA) is 77.2 Å². The fourth-order valence-corrected chi connectivity index (χ4v) is 3.05. The summed E-state index contributed by atoms with van der Waals surface area (Å²) in [5.41, 5.74) is 6.12. The number of hydrogen-bond donors (Lipinski definition) is 1. The highest BCUT2D eigenvalue weighted by Gasteiger charge is 2.15. The van der Waals surface area contributed by atoms with E-state index in [-0.39, 0.29) is 10.6 Å². The molecule has 2 N–H and O–H groups in total. The van der Waals surface area contributed by atoms with E-state index in [9.17, 15) is 13.2 Å². The van der Waals surface area contributed by atoms with Crippen molar-refractivity contribution >= 4 is 15.7 Å². The number of benzene rings is 2. The van der Waals surface area contributed by atoms with E-state index in [4.69, 9.17) is 5.73 Å². The Morgan fingerprint density at radius 1 is 0.947 bits per heavy atom. The zero-order chi connectivity index (χ0) is 13.9. The summed E-state index contributed by atoms with van der Waals surface area (Å²) in [5.74, 6) is -0.643. The molecule has 0 radical (unpaired) electrons. The molecular formula is C14H13NO3S. The quantitative estimate of drug-likeness (QED) is 0.923. The summed E-state index contributed by atoms with van der Waals surface area (Å²) in [7, 11) is -3.41. The third kappa shape index (κ3) is 3.20. The molecule has 0 heterocycles. The van der Waals surface area contributed by atoms with Crippen LogP contribution < -0.4 is 5.73 Å². The molecule has 0 fully saturated rings. The molecule has 0 saturated heterocycles. The molecule has 5 heteroatoms. The van der Waals surface area contributed by atoms with Gasteiger partial charge in [0.05, 0.1) is 10.6 Å². The summed E-state index contributed by atoms with van der Waals surface area (Å²) in [5, 5.41) is 0. The molecule has 0 spiro atoms. The number of carbonyl (C=O) groups is 1. The zero-order valence-corrected chi connectivity index (χ0v) is 10.9. The summed E-state index contributed by atoms with van der Waals surface area (Å²) in [6.45, 7) is 0. The van der Waals surface area contributed by atoms with Crippen molar-refractivity contribution < 1.29 is 13.2 Å². The number of carbonyl (C=O) groups excluding carboxylic acids is 1. The first-order chi connectivity index (χ1) is 8.99. The zero-order valence-electron chi connectivity index (χ0n) is 10.1. The Morgan fingerprint density at radius 3 is 2.05 bits per heavy atom. The van der Waals surface area contributed by atoms with E-state index in [1.807, 2.05) is 6.07 Å². The number of nitrogens with two attached hydrogens (primary N) is 1. The number of rotatable bonds is 4. The lowest BCUT2D eigenvalue weighted by Crippen LogP contribution is -2.11. The van der Waals surface area contributed by atoms with Crippen LogP contribution in [0.2, 0.25) is 0 Å². The summed E-state index contributed by atoms with van der Waals surface area (Å²) < 4.78 is 24.3. The lowest BCUT2D eigenvalue weighted by molar-refractivity contribution is 0.1000. The van der Waals surface area contributed by atoms with Crippen LogP contribution in [0.1, 0.15) is 15.9 Å². The normalized spacial score (nSPS) is 11.2. The highest BCUT2D eigenvalue weighted by molar-refractivity contribution is 7.90. The van der Waals surface area contributed by atoms with Gasteiger partial charge in [-0.2, -0.15) is 0 Å². The van der Waals surface area contributed by atoms with Gasteiger partial charge in [0, 0.05) is 5.56 Å². The molecule has 0 aromatic heterocycles. The van der Waals surface area contributed by atoms with Gasteiger partial charge in [0.2, 0.25) is 5.91 Å². The van der Waals surface area contributed by atoms with Crippen LogP contribution in [-0.4, -0.2) is 14.3 Å². The predicted molar refractivity (Wildman–Crippen MR) is 72.3 cm³/mol. The average Bonchev–Trinajstić information content (AvgIpc) is 2.39. The van der Waals surface area contributed by atoms with E-state index in [1.165, 1.54) is 24.3 Å². The molecule has 2 aromatic rings. The number of hydrogen-bond acceptors (Lipinski definition) is 3. The molecule has 0 saturated carbocycles. The molecule has 0 atom stereocenters. The van der Waals surface area contributed by atoms with Crippen LogP contribution >= 0.6 is 0 Å². The largest absolute Gasteiger partial charge is 0.366 e. The summed E-state index contributed by atoms with van der Waals surface area (Å²) in [6.07, 6.45) is 0. The molecule has 0 aliphatic heterocycles. The average molecular weight is 275 g/mol. The van der Waals surface area contributed by atoms with Crippen molar-refractivity contribution in [3.8, 4) is 0 Å². The van der Waals surface area contributed by atoms with Crippen LogP contribution in [0.5, 0.6) is 0 Å². The molecule has 2 aromatic carbocycles. The molecule has 2 rings (SSSR count). The van der Waals surface area contributed by atoms with Gasteiger partial charge in [0.15, 0.2) is 9.84 Å². The van der Waals surface area contributed by atoms with Gasteiger partial charge in [0.25, 0.3) is 0 Å². The molecule has 1 amide bonds. The van der Waals surface area contributed by atoms with Crippen molar-refractivity contribution in [3.05, 3.63) is 65.7 Å². The second-order valence-corrected chi connectivity index (χ2v) is 6.12. The van der Waals surface area contributed by atoms with Gasteiger partial charge in [-0.15, -0.1) is 0 Å². The van der Waals surface area contributed by atoms with Gasteiger partial charge in [-0.25, -0.2) is 8.42 Å². The maximum atomic E-state index is 12.2.